The number of nitrogens with one attached hydrogen (secondary N) is 1. The molecule has 1 aliphatic carbocycles. The maximum Gasteiger partial charge on any atom is 0.335 e. The molecule has 0 bridgehead atoms. The first-order valence-electron chi connectivity index (χ1n) is 13.1. The highest BCUT2D eigenvalue weighted by molar-refractivity contribution is 6.30. The molecule has 0 unspecified atom stereocenters. The van der Waals surface area contributed by atoms with Crippen LogP contribution in [0.15, 0.2) is 40.9 Å². The van der Waals surface area contributed by atoms with Gasteiger partial charge < -0.3 is 19.7 Å². The topological polar surface area (TPSA) is 130 Å². The van der Waals surface area contributed by atoms with Gasteiger partial charge in [-0.15, -0.1) is 0 Å². The smallest absolute Gasteiger partial charge is 0.335 e. The number of hydrogen-bond acceptors (Lipinski definition) is 6. The lowest BCUT2D eigenvalue weighted by Crippen LogP contribution is -2.37. The van der Waals surface area contributed by atoms with Crippen LogP contribution in [0.2, 0.25) is 5.02 Å². The molecule has 5 rings (SSSR count). The second kappa shape index (κ2) is 12.4. The van der Waals surface area contributed by atoms with Crippen molar-refractivity contribution in [3.05, 3.63) is 58.6 Å². The van der Waals surface area contributed by atoms with Crippen LogP contribution in [-0.2, 0) is 9.59 Å². The van der Waals surface area contributed by atoms with Gasteiger partial charge in [0.25, 0.3) is 0 Å². The van der Waals surface area contributed by atoms with E-state index in [1.165, 1.54) is 25.1 Å². The molecule has 1 aromatic carbocycles. The molecule has 0 spiro atoms. The Kier molecular flexibility index (Phi) is 9.01. The van der Waals surface area contributed by atoms with E-state index in [-0.39, 0.29) is 46.4 Å². The number of carbonyl (C=O) groups is 4. The molecule has 10 heteroatoms. The van der Waals surface area contributed by atoms with Crippen molar-refractivity contribution in [3.63, 3.8) is 0 Å². The number of furan rings is 1. The van der Waals surface area contributed by atoms with Crippen LogP contribution < -0.4 is 5.32 Å². The molecule has 2 aliphatic rings. The van der Waals surface area contributed by atoms with Crippen molar-refractivity contribution >= 4 is 51.8 Å². The largest absolute Gasteiger partial charge is 0.478 e. The maximum absolute atomic E-state index is 13.0. The lowest BCUT2D eigenvalue weighted by molar-refractivity contribution is -0.136. The Bertz CT molecular complexity index is 1350. The zero-order chi connectivity index (χ0) is 28.1. The molecule has 1 aliphatic heterocycles. The molecule has 1 saturated carbocycles. The van der Waals surface area contributed by atoms with Gasteiger partial charge in [-0.25, -0.2) is 4.79 Å². The van der Waals surface area contributed by atoms with Crippen LogP contribution in [0.25, 0.3) is 11.0 Å². The summed E-state index contributed by atoms with van der Waals surface area (Å²) < 4.78 is 5.58. The number of rotatable bonds is 5. The minimum atomic E-state index is -1.11. The number of nitrogens with zero attached hydrogens (tertiary/aromatic N) is 2. The van der Waals surface area contributed by atoms with E-state index in [2.05, 4.69) is 10.3 Å². The highest BCUT2D eigenvalue weighted by Crippen LogP contribution is 2.35. The summed E-state index contributed by atoms with van der Waals surface area (Å²) in [6.07, 6.45) is 6.29. The van der Waals surface area contributed by atoms with Crippen molar-refractivity contribution in [1.29, 1.82) is 0 Å². The number of likely N-dealkylation sites (tertiary alicyclic amines) is 1. The second-order valence-corrected chi connectivity index (χ2v) is 10.5. The average molecular weight is 554 g/mol. The summed E-state index contributed by atoms with van der Waals surface area (Å²) in [5.74, 6) is -1.79. The number of carboxylic acid groups (broad SMARTS) is 1. The number of aromatic nitrogens is 1. The van der Waals surface area contributed by atoms with Gasteiger partial charge in [0, 0.05) is 49.1 Å². The fourth-order valence-electron chi connectivity index (χ4n) is 5.08. The van der Waals surface area contributed by atoms with Crippen LogP contribution in [0.5, 0.6) is 0 Å². The molecule has 3 aromatic rings. The number of hydrogen-bond donors (Lipinski definition) is 2. The SMILES string of the molecule is CC(=O)c1oc2ccc(C(=O)O)cc2c1NC(=O)C1CCC(C(=O)N2CCCC2)CC1.Cc1ccc(Cl)cn1. The van der Waals surface area contributed by atoms with Crippen molar-refractivity contribution in [3.8, 4) is 0 Å². The minimum absolute atomic E-state index is 0.00351. The summed E-state index contributed by atoms with van der Waals surface area (Å²) in [4.78, 5) is 54.8. The summed E-state index contributed by atoms with van der Waals surface area (Å²) in [5.41, 5.74) is 1.59. The van der Waals surface area contributed by atoms with Crippen molar-refractivity contribution in [1.82, 2.24) is 9.88 Å². The summed E-state index contributed by atoms with van der Waals surface area (Å²) in [7, 11) is 0. The van der Waals surface area contributed by atoms with E-state index in [0.29, 0.717) is 41.7 Å². The molecule has 9 nitrogen and oxygen atoms in total. The number of aromatic carboxylic acids is 1. The van der Waals surface area contributed by atoms with E-state index in [4.69, 9.17) is 16.0 Å². The number of fused-ring (bicyclic) bond motifs is 1. The third-order valence-electron chi connectivity index (χ3n) is 7.24. The number of carboxylic acids is 1. The number of pyridine rings is 1. The van der Waals surface area contributed by atoms with Crippen LogP contribution in [0.1, 0.15) is 72.1 Å². The van der Waals surface area contributed by atoms with Gasteiger partial charge in [0.2, 0.25) is 11.8 Å². The number of aryl methyl sites for hydroxylation is 1. The van der Waals surface area contributed by atoms with E-state index in [1.54, 1.807) is 6.20 Å². The third-order valence-corrected chi connectivity index (χ3v) is 7.47. The summed E-state index contributed by atoms with van der Waals surface area (Å²) in [6, 6.07) is 7.97. The van der Waals surface area contributed by atoms with Gasteiger partial charge in [-0.1, -0.05) is 11.6 Å². The Morgan fingerprint density at radius 1 is 1.03 bits per heavy atom. The number of benzene rings is 1. The lowest BCUT2D eigenvalue weighted by atomic mass is 9.81. The fourth-order valence-corrected chi connectivity index (χ4v) is 5.19. The summed E-state index contributed by atoms with van der Waals surface area (Å²) in [6.45, 7) is 4.93. The minimum Gasteiger partial charge on any atom is -0.478 e. The zero-order valence-corrected chi connectivity index (χ0v) is 22.8. The predicted molar refractivity (Wildman–Crippen MR) is 147 cm³/mol. The number of ketones is 1. The van der Waals surface area contributed by atoms with E-state index >= 15 is 0 Å². The van der Waals surface area contributed by atoms with Crippen LogP contribution in [0.3, 0.4) is 0 Å². The van der Waals surface area contributed by atoms with E-state index in [0.717, 1.165) is 31.6 Å². The van der Waals surface area contributed by atoms with E-state index < -0.39 is 5.97 Å². The molecule has 2 aromatic heterocycles. The highest BCUT2D eigenvalue weighted by atomic mass is 35.5. The van der Waals surface area contributed by atoms with Crippen molar-refractivity contribution < 1.29 is 28.7 Å². The first kappa shape index (κ1) is 28.3. The Balaban J connectivity index is 0.000000379. The van der Waals surface area contributed by atoms with Gasteiger partial charge in [-0.2, -0.15) is 0 Å². The molecular formula is C29H32ClN3O6. The van der Waals surface area contributed by atoms with Crippen molar-refractivity contribution in [2.24, 2.45) is 11.8 Å². The van der Waals surface area contributed by atoms with Crippen LogP contribution in [0, 0.1) is 18.8 Å². The van der Waals surface area contributed by atoms with Gasteiger partial charge in [-0.05, 0) is 75.8 Å². The van der Waals surface area contributed by atoms with Gasteiger partial charge >= 0.3 is 5.97 Å². The number of carbonyl (C=O) groups excluding carboxylic acids is 3. The molecule has 0 atom stereocenters. The second-order valence-electron chi connectivity index (χ2n) is 10.1. The summed E-state index contributed by atoms with van der Waals surface area (Å²) in [5, 5.41) is 13.2. The summed E-state index contributed by atoms with van der Waals surface area (Å²) >= 11 is 5.55. The molecular weight excluding hydrogens is 522 g/mol. The quantitative estimate of drug-likeness (QED) is 0.385. The molecule has 2 fully saturated rings. The van der Waals surface area contributed by atoms with Gasteiger partial charge in [-0.3, -0.25) is 19.4 Å². The Morgan fingerprint density at radius 3 is 2.26 bits per heavy atom. The number of halogens is 1. The van der Waals surface area contributed by atoms with E-state index in [1.807, 2.05) is 24.0 Å². The van der Waals surface area contributed by atoms with Crippen LogP contribution in [-0.4, -0.2) is 51.6 Å². The van der Waals surface area contributed by atoms with E-state index in [9.17, 15) is 24.3 Å². The number of anilines is 1. The molecule has 2 amide bonds. The Morgan fingerprint density at radius 2 is 1.69 bits per heavy atom. The molecule has 206 valence electrons. The van der Waals surface area contributed by atoms with Crippen LogP contribution in [0.4, 0.5) is 5.69 Å². The van der Waals surface area contributed by atoms with Crippen molar-refractivity contribution in [2.45, 2.75) is 52.4 Å². The maximum atomic E-state index is 13.0. The Hall–Kier alpha value is -3.72. The third kappa shape index (κ3) is 6.84. The molecule has 1 saturated heterocycles. The first-order chi connectivity index (χ1) is 18.6. The van der Waals surface area contributed by atoms with Gasteiger partial charge in [0.05, 0.1) is 16.3 Å². The lowest BCUT2D eigenvalue weighted by Gasteiger charge is -2.29. The normalized spacial score (nSPS) is 18.8. The molecule has 39 heavy (non-hydrogen) atoms. The number of Topliss-reactive ketones (excluding diaryl/α,β-unsaturated/α-hetero) is 1. The number of amides is 2. The van der Waals surface area contributed by atoms with Crippen molar-refractivity contribution in [2.75, 3.05) is 18.4 Å². The molecule has 0 radical (unpaired) electrons. The van der Waals surface area contributed by atoms with Gasteiger partial charge in [0.15, 0.2) is 11.5 Å². The Labute approximate surface area is 231 Å². The standard InChI is InChI=1S/C23H26N2O6.C6H6ClN/c1-13(26)20-19(17-12-16(23(29)30)8-9-18(17)31-20)24-21(27)14-4-6-15(7-5-14)22(28)25-10-2-3-11-25;1-5-2-3-6(7)4-8-5/h8-9,12,14-15H,2-7,10-11H2,1H3,(H,24,27)(H,29,30);2-4H,1H3. The average Bonchev–Trinajstić information content (AvgIpc) is 3.59. The molecule has 2 N–H and O–H groups in total. The van der Waals surface area contributed by atoms with Crippen LogP contribution >= 0.6 is 11.6 Å². The van der Waals surface area contributed by atoms with Gasteiger partial charge in [0.1, 0.15) is 5.58 Å². The molecule has 3 heterocycles. The zero-order valence-electron chi connectivity index (χ0n) is 22.0. The first-order valence-corrected chi connectivity index (χ1v) is 13.5. The fraction of sp³-hybridized carbons (Fsp3) is 0.414. The highest BCUT2D eigenvalue weighted by Gasteiger charge is 2.33. The monoisotopic (exact) mass is 553 g/mol. The predicted octanol–water partition coefficient (Wildman–Crippen LogP) is 5.74.